The van der Waals surface area contributed by atoms with E-state index < -0.39 is 0 Å². The van der Waals surface area contributed by atoms with Crippen LogP contribution in [0.1, 0.15) is 6.92 Å². The van der Waals surface area contributed by atoms with Gasteiger partial charge in [0, 0.05) is 6.92 Å². The van der Waals surface area contributed by atoms with E-state index in [0.29, 0.717) is 0 Å². The number of nitrogens with two attached hydrogens (primary N) is 1. The highest BCUT2D eigenvalue weighted by molar-refractivity contribution is 5.70. The number of carbonyl (C=O) groups is 1. The normalized spacial score (nSPS) is 8.08. The van der Waals surface area contributed by atoms with E-state index >= 15 is 0 Å². The molecule has 0 saturated carbocycles. The molecular formula is C8H11NO3. The number of rotatable bonds is 0. The van der Waals surface area contributed by atoms with Gasteiger partial charge in [-0.25, -0.2) is 0 Å². The number of carbonyl (C=O) groups excluding carboxylic acids is 1. The van der Waals surface area contributed by atoms with Crippen LogP contribution in [0.4, 0.5) is 0 Å². The van der Waals surface area contributed by atoms with E-state index in [1.165, 1.54) is 19.1 Å². The Morgan fingerprint density at radius 3 is 1.67 bits per heavy atom. The van der Waals surface area contributed by atoms with E-state index in [2.05, 4.69) is 5.73 Å². The van der Waals surface area contributed by atoms with Gasteiger partial charge in [-0.3, -0.25) is 4.79 Å². The molecule has 1 rings (SSSR count). The molecule has 0 bridgehead atoms. The molecule has 1 aromatic carbocycles. The summed E-state index contributed by atoms with van der Waals surface area (Å²) < 4.78 is 0. The Kier molecular flexibility index (Phi) is 4.30. The first kappa shape index (κ1) is 10.3. The molecule has 66 valence electrons. The predicted molar refractivity (Wildman–Crippen MR) is 44.6 cm³/mol. The number of benzene rings is 1. The minimum atomic E-state index is -0.333. The lowest BCUT2D eigenvalue weighted by Gasteiger charge is -1.91. The molecule has 0 spiro atoms. The van der Waals surface area contributed by atoms with Gasteiger partial charge < -0.3 is 15.9 Å². The van der Waals surface area contributed by atoms with Gasteiger partial charge in [0.1, 0.15) is 0 Å². The van der Waals surface area contributed by atoms with Crippen LogP contribution < -0.4 is 5.73 Å². The Morgan fingerprint density at radius 2 is 1.50 bits per heavy atom. The maximum atomic E-state index is 9.22. The third kappa shape index (κ3) is 5.10. The Labute approximate surface area is 70.3 Å². The zero-order valence-electron chi connectivity index (χ0n) is 6.69. The molecule has 0 fully saturated rings. The highest BCUT2D eigenvalue weighted by Crippen LogP contribution is 2.21. The van der Waals surface area contributed by atoms with E-state index in [1.54, 1.807) is 12.1 Å². The molecule has 0 aromatic heterocycles. The van der Waals surface area contributed by atoms with E-state index in [9.17, 15) is 4.79 Å². The van der Waals surface area contributed by atoms with Gasteiger partial charge in [-0.15, -0.1) is 0 Å². The smallest absolute Gasteiger partial charge is 0.214 e. The van der Waals surface area contributed by atoms with E-state index in [4.69, 9.17) is 10.2 Å². The number of phenolic OH excluding ortho intramolecular Hbond substituents is 2. The van der Waals surface area contributed by atoms with Crippen molar-refractivity contribution < 1.29 is 15.0 Å². The molecule has 0 aliphatic heterocycles. The summed E-state index contributed by atoms with van der Waals surface area (Å²) in [6.45, 7) is 1.31. The van der Waals surface area contributed by atoms with Crippen LogP contribution in [-0.2, 0) is 4.79 Å². The van der Waals surface area contributed by atoms with Crippen LogP contribution in [0.3, 0.4) is 0 Å². The van der Waals surface area contributed by atoms with Crippen LogP contribution >= 0.6 is 0 Å². The van der Waals surface area contributed by atoms with Crippen LogP contribution in [0.2, 0.25) is 0 Å². The average molecular weight is 169 g/mol. The Hall–Kier alpha value is -1.71. The monoisotopic (exact) mass is 169 g/mol. The van der Waals surface area contributed by atoms with Gasteiger partial charge in [0.05, 0.1) is 0 Å². The number of aromatic hydroxyl groups is 2. The third-order valence-corrected chi connectivity index (χ3v) is 0.882. The molecule has 0 aliphatic rings. The fourth-order valence-electron chi connectivity index (χ4n) is 0.464. The lowest BCUT2D eigenvalue weighted by atomic mass is 10.3. The second kappa shape index (κ2) is 5.01. The van der Waals surface area contributed by atoms with E-state index in [-0.39, 0.29) is 17.4 Å². The maximum Gasteiger partial charge on any atom is 0.214 e. The van der Waals surface area contributed by atoms with Gasteiger partial charge in [-0.05, 0) is 12.1 Å². The van der Waals surface area contributed by atoms with Crippen LogP contribution in [-0.4, -0.2) is 16.1 Å². The van der Waals surface area contributed by atoms with Gasteiger partial charge in [-0.1, -0.05) is 12.1 Å². The molecule has 0 aliphatic carbocycles. The van der Waals surface area contributed by atoms with Crippen molar-refractivity contribution in [3.8, 4) is 11.5 Å². The van der Waals surface area contributed by atoms with Gasteiger partial charge in [0.15, 0.2) is 11.5 Å². The van der Waals surface area contributed by atoms with Gasteiger partial charge in [0.2, 0.25) is 5.91 Å². The highest BCUT2D eigenvalue weighted by Gasteiger charge is 1.90. The number of hydrogen-bond acceptors (Lipinski definition) is 3. The lowest BCUT2D eigenvalue weighted by molar-refractivity contribution is -0.115. The second-order valence-corrected chi connectivity index (χ2v) is 2.10. The summed E-state index contributed by atoms with van der Waals surface area (Å²) in [6.07, 6.45) is 0. The van der Waals surface area contributed by atoms with Gasteiger partial charge in [-0.2, -0.15) is 0 Å². The van der Waals surface area contributed by atoms with Gasteiger partial charge in [0.25, 0.3) is 0 Å². The number of amides is 1. The largest absolute Gasteiger partial charge is 0.504 e. The number of para-hydroxylation sites is 2. The Bertz CT molecular complexity index is 235. The van der Waals surface area contributed by atoms with Crippen LogP contribution in [0.5, 0.6) is 11.5 Å². The maximum absolute atomic E-state index is 9.22. The minimum absolute atomic E-state index is 0.0764. The molecule has 4 N–H and O–H groups in total. The molecule has 0 radical (unpaired) electrons. The van der Waals surface area contributed by atoms with Crippen molar-refractivity contribution >= 4 is 5.91 Å². The SMILES string of the molecule is CC(N)=O.Oc1ccccc1O. The molecule has 12 heavy (non-hydrogen) atoms. The zero-order chi connectivity index (χ0) is 9.56. The van der Waals surface area contributed by atoms with E-state index in [1.807, 2.05) is 0 Å². The van der Waals surface area contributed by atoms with Crippen molar-refractivity contribution in [2.75, 3.05) is 0 Å². The molecule has 0 heterocycles. The van der Waals surface area contributed by atoms with Crippen LogP contribution in [0.15, 0.2) is 24.3 Å². The quantitative estimate of drug-likeness (QED) is 0.497. The summed E-state index contributed by atoms with van der Waals surface area (Å²) >= 11 is 0. The second-order valence-electron chi connectivity index (χ2n) is 2.10. The van der Waals surface area contributed by atoms with Crippen LogP contribution in [0.25, 0.3) is 0 Å². The fraction of sp³-hybridized carbons (Fsp3) is 0.125. The topological polar surface area (TPSA) is 83.6 Å². The summed E-state index contributed by atoms with van der Waals surface area (Å²) in [5.74, 6) is -0.486. The number of primary amides is 1. The van der Waals surface area contributed by atoms with Crippen molar-refractivity contribution in [1.29, 1.82) is 0 Å². The molecular weight excluding hydrogens is 158 g/mol. The molecule has 1 aromatic rings. The first-order valence-corrected chi connectivity index (χ1v) is 3.27. The van der Waals surface area contributed by atoms with E-state index in [0.717, 1.165) is 0 Å². The zero-order valence-corrected chi connectivity index (χ0v) is 6.69. The average Bonchev–Trinajstić information content (AvgIpc) is 1.94. The first-order valence-electron chi connectivity index (χ1n) is 3.27. The summed E-state index contributed by atoms with van der Waals surface area (Å²) in [4.78, 5) is 9.22. The highest BCUT2D eigenvalue weighted by atomic mass is 16.3. The molecule has 0 atom stereocenters. The lowest BCUT2D eigenvalue weighted by Crippen LogP contribution is -2.01. The number of phenols is 2. The minimum Gasteiger partial charge on any atom is -0.504 e. The van der Waals surface area contributed by atoms with Gasteiger partial charge >= 0.3 is 0 Å². The van der Waals surface area contributed by atoms with Crippen molar-refractivity contribution in [3.05, 3.63) is 24.3 Å². The van der Waals surface area contributed by atoms with Crippen molar-refractivity contribution in [3.63, 3.8) is 0 Å². The summed E-state index contributed by atoms with van der Waals surface area (Å²) in [7, 11) is 0. The molecule has 4 heteroatoms. The standard InChI is InChI=1S/C6H6O2.C2H5NO/c7-5-3-1-2-4-6(5)8;1-2(3)4/h1-4,7-8H;1H3,(H2,3,4). The third-order valence-electron chi connectivity index (χ3n) is 0.882. The predicted octanol–water partition coefficient (Wildman–Crippen LogP) is 0.589. The van der Waals surface area contributed by atoms with Crippen LogP contribution in [0, 0.1) is 0 Å². The Morgan fingerprint density at radius 1 is 1.25 bits per heavy atom. The summed E-state index contributed by atoms with van der Waals surface area (Å²) in [6, 6.07) is 6.15. The van der Waals surface area contributed by atoms with Crippen molar-refractivity contribution in [1.82, 2.24) is 0 Å². The molecule has 0 saturated heterocycles. The molecule has 4 nitrogen and oxygen atoms in total. The first-order chi connectivity index (χ1) is 5.54. The Balaban J connectivity index is 0.000000261. The van der Waals surface area contributed by atoms with Crippen molar-refractivity contribution in [2.24, 2.45) is 5.73 Å². The molecule has 1 amide bonds. The van der Waals surface area contributed by atoms with Crippen molar-refractivity contribution in [2.45, 2.75) is 6.92 Å². The summed E-state index contributed by atoms with van der Waals surface area (Å²) in [5.41, 5.74) is 4.47. The summed E-state index contributed by atoms with van der Waals surface area (Å²) in [5, 5.41) is 17.3. The fourth-order valence-corrected chi connectivity index (χ4v) is 0.464. The number of hydrogen-bond donors (Lipinski definition) is 3. The molecule has 0 unspecified atom stereocenters.